The van der Waals surface area contributed by atoms with Gasteiger partial charge in [0.05, 0.1) is 6.04 Å². The Bertz CT molecular complexity index is 491. The Hall–Kier alpha value is -1.06. The monoisotopic (exact) mass is 308 g/mol. The largest absolute Gasteiger partial charge is 0.319 e. The van der Waals surface area contributed by atoms with E-state index in [9.17, 15) is 4.79 Å². The lowest BCUT2D eigenvalue weighted by atomic mass is 10.0. The van der Waals surface area contributed by atoms with E-state index < -0.39 is 0 Å². The van der Waals surface area contributed by atoms with Crippen LogP contribution in [0.3, 0.4) is 0 Å². The fourth-order valence-electron chi connectivity index (χ4n) is 3.14. The maximum Gasteiger partial charge on any atom is 0.241 e. The number of nitrogens with one attached hydrogen (secondary N) is 1. The van der Waals surface area contributed by atoms with Crippen molar-refractivity contribution in [1.82, 2.24) is 10.2 Å². The minimum absolute atomic E-state index is 0.0577. The van der Waals surface area contributed by atoms with Crippen molar-refractivity contribution >= 4 is 17.5 Å². The molecular formula is C17H25ClN2O. The SMILES string of the molecule is CCCC(CC)N1C(=O)C(CC)NC1c1cccc(Cl)c1. The summed E-state index contributed by atoms with van der Waals surface area (Å²) in [6, 6.07) is 8.02. The number of nitrogens with zero attached hydrogens (tertiary/aromatic N) is 1. The molecule has 1 aliphatic heterocycles. The number of halogens is 1. The average molecular weight is 309 g/mol. The highest BCUT2D eigenvalue weighted by atomic mass is 35.5. The summed E-state index contributed by atoms with van der Waals surface area (Å²) in [6.07, 6.45) is 3.86. The highest BCUT2D eigenvalue weighted by Crippen LogP contribution is 2.32. The molecule has 1 N–H and O–H groups in total. The molecule has 1 fully saturated rings. The molecule has 0 bridgehead atoms. The van der Waals surface area contributed by atoms with Gasteiger partial charge >= 0.3 is 0 Å². The Kier molecular flexibility index (Phi) is 5.65. The van der Waals surface area contributed by atoms with E-state index >= 15 is 0 Å². The van der Waals surface area contributed by atoms with Gasteiger partial charge in [0.1, 0.15) is 6.17 Å². The molecule has 1 heterocycles. The summed E-state index contributed by atoms with van der Waals surface area (Å²) >= 11 is 6.12. The molecule has 0 aliphatic carbocycles. The topological polar surface area (TPSA) is 32.3 Å². The molecule has 0 aromatic heterocycles. The molecule has 1 saturated heterocycles. The van der Waals surface area contributed by atoms with E-state index in [2.05, 4.69) is 26.1 Å². The van der Waals surface area contributed by atoms with Crippen LogP contribution >= 0.6 is 11.6 Å². The van der Waals surface area contributed by atoms with Crippen molar-refractivity contribution in [1.29, 1.82) is 0 Å². The van der Waals surface area contributed by atoms with Gasteiger partial charge < -0.3 is 4.90 Å². The molecule has 0 spiro atoms. The minimum Gasteiger partial charge on any atom is -0.319 e. The number of rotatable bonds is 6. The Labute approximate surface area is 132 Å². The molecule has 0 radical (unpaired) electrons. The zero-order chi connectivity index (χ0) is 15.4. The molecule has 4 heteroatoms. The van der Waals surface area contributed by atoms with Gasteiger partial charge in [0, 0.05) is 11.1 Å². The van der Waals surface area contributed by atoms with Gasteiger partial charge in [-0.3, -0.25) is 10.1 Å². The Morgan fingerprint density at radius 3 is 2.67 bits per heavy atom. The molecule has 3 nitrogen and oxygen atoms in total. The van der Waals surface area contributed by atoms with Crippen molar-refractivity contribution in [3.05, 3.63) is 34.9 Å². The van der Waals surface area contributed by atoms with E-state index in [1.165, 1.54) is 0 Å². The Balaban J connectivity index is 2.34. The van der Waals surface area contributed by atoms with Crippen molar-refractivity contribution in [2.24, 2.45) is 0 Å². The van der Waals surface area contributed by atoms with E-state index in [1.807, 2.05) is 29.2 Å². The van der Waals surface area contributed by atoms with Crippen molar-refractivity contribution < 1.29 is 4.79 Å². The number of benzene rings is 1. The molecule has 1 aromatic rings. The predicted octanol–water partition coefficient (Wildman–Crippen LogP) is 4.13. The lowest BCUT2D eigenvalue weighted by Gasteiger charge is -2.32. The first kappa shape index (κ1) is 16.3. The zero-order valence-electron chi connectivity index (χ0n) is 13.1. The number of hydrogen-bond acceptors (Lipinski definition) is 2. The maximum atomic E-state index is 12.7. The maximum absolute atomic E-state index is 12.7. The first-order valence-corrected chi connectivity index (χ1v) is 8.33. The summed E-state index contributed by atoms with van der Waals surface area (Å²) in [7, 11) is 0. The second-order valence-electron chi connectivity index (χ2n) is 5.68. The van der Waals surface area contributed by atoms with Gasteiger partial charge in [-0.15, -0.1) is 0 Å². The van der Waals surface area contributed by atoms with Gasteiger partial charge in [-0.1, -0.05) is 50.9 Å². The third kappa shape index (κ3) is 3.41. The minimum atomic E-state index is -0.0834. The van der Waals surface area contributed by atoms with Crippen LogP contribution in [-0.4, -0.2) is 22.9 Å². The highest BCUT2D eigenvalue weighted by molar-refractivity contribution is 6.30. The van der Waals surface area contributed by atoms with Crippen LogP contribution in [0.15, 0.2) is 24.3 Å². The van der Waals surface area contributed by atoms with Gasteiger partial charge in [-0.2, -0.15) is 0 Å². The average Bonchev–Trinajstić information content (AvgIpc) is 2.81. The highest BCUT2D eigenvalue weighted by Gasteiger charge is 2.41. The third-order valence-electron chi connectivity index (χ3n) is 4.25. The molecule has 3 unspecified atom stereocenters. The lowest BCUT2D eigenvalue weighted by molar-refractivity contribution is -0.132. The van der Waals surface area contributed by atoms with Crippen molar-refractivity contribution in [3.63, 3.8) is 0 Å². The number of amides is 1. The van der Waals surface area contributed by atoms with Gasteiger partial charge in [0.25, 0.3) is 0 Å². The number of hydrogen-bond donors (Lipinski definition) is 1. The Morgan fingerprint density at radius 1 is 1.33 bits per heavy atom. The van der Waals surface area contributed by atoms with Crippen LogP contribution in [0, 0.1) is 0 Å². The molecule has 1 aromatic carbocycles. The first-order valence-electron chi connectivity index (χ1n) is 7.96. The van der Waals surface area contributed by atoms with Crippen LogP contribution in [0.1, 0.15) is 58.2 Å². The van der Waals surface area contributed by atoms with E-state index in [-0.39, 0.29) is 24.2 Å². The smallest absolute Gasteiger partial charge is 0.241 e. The normalized spacial score (nSPS) is 23.6. The summed E-state index contributed by atoms with van der Waals surface area (Å²) in [5.74, 6) is 0.225. The van der Waals surface area contributed by atoms with Crippen LogP contribution in [0.4, 0.5) is 0 Å². The first-order chi connectivity index (χ1) is 10.1. The van der Waals surface area contributed by atoms with E-state index in [0.717, 1.165) is 31.2 Å². The fourth-order valence-corrected chi connectivity index (χ4v) is 3.34. The van der Waals surface area contributed by atoms with Crippen LogP contribution in [-0.2, 0) is 4.79 Å². The van der Waals surface area contributed by atoms with Crippen LogP contribution in [0.5, 0.6) is 0 Å². The third-order valence-corrected chi connectivity index (χ3v) is 4.48. The summed E-state index contributed by atoms with van der Waals surface area (Å²) < 4.78 is 0. The van der Waals surface area contributed by atoms with E-state index in [1.54, 1.807) is 0 Å². The standard InChI is InChI=1S/C17H25ClN2O/c1-4-8-14(5-2)20-16(19-15(6-3)17(20)21)12-9-7-10-13(18)11-12/h7,9-11,14-16,19H,4-6,8H2,1-3H3. The predicted molar refractivity (Wildman–Crippen MR) is 87.2 cm³/mol. The summed E-state index contributed by atoms with van der Waals surface area (Å²) in [5.41, 5.74) is 1.07. The Morgan fingerprint density at radius 2 is 2.10 bits per heavy atom. The van der Waals surface area contributed by atoms with Crippen LogP contribution in [0.2, 0.25) is 5.02 Å². The van der Waals surface area contributed by atoms with Gasteiger partial charge in [0.2, 0.25) is 5.91 Å². The van der Waals surface area contributed by atoms with E-state index in [4.69, 9.17) is 11.6 Å². The van der Waals surface area contributed by atoms with Gasteiger partial charge in [0.15, 0.2) is 0 Å². The van der Waals surface area contributed by atoms with E-state index in [0.29, 0.717) is 5.02 Å². The van der Waals surface area contributed by atoms with Crippen molar-refractivity contribution in [2.75, 3.05) is 0 Å². The molecule has 0 saturated carbocycles. The van der Waals surface area contributed by atoms with Crippen molar-refractivity contribution in [3.8, 4) is 0 Å². The lowest BCUT2D eigenvalue weighted by Crippen LogP contribution is -2.39. The fraction of sp³-hybridized carbons (Fsp3) is 0.588. The molecule has 2 rings (SSSR count). The molecule has 3 atom stereocenters. The molecular weight excluding hydrogens is 284 g/mol. The zero-order valence-corrected chi connectivity index (χ0v) is 13.9. The summed E-state index contributed by atoms with van der Waals surface area (Å²) in [5, 5.41) is 4.19. The second kappa shape index (κ2) is 7.28. The van der Waals surface area contributed by atoms with Gasteiger partial charge in [-0.25, -0.2) is 0 Å². The van der Waals surface area contributed by atoms with Crippen LogP contribution < -0.4 is 5.32 Å². The second-order valence-corrected chi connectivity index (χ2v) is 6.12. The van der Waals surface area contributed by atoms with Crippen LogP contribution in [0.25, 0.3) is 0 Å². The summed E-state index contributed by atoms with van der Waals surface area (Å²) in [4.78, 5) is 14.8. The number of carbonyl (C=O) groups excluding carboxylic acids is 1. The van der Waals surface area contributed by atoms with Crippen molar-refractivity contribution in [2.45, 2.75) is 64.7 Å². The quantitative estimate of drug-likeness (QED) is 0.857. The van der Waals surface area contributed by atoms with Gasteiger partial charge in [-0.05, 0) is 37.0 Å². The molecule has 116 valence electrons. The number of carbonyl (C=O) groups is 1. The summed E-state index contributed by atoms with van der Waals surface area (Å²) in [6.45, 7) is 6.37. The molecule has 21 heavy (non-hydrogen) atoms. The molecule has 1 amide bonds. The molecule has 1 aliphatic rings.